The molecule has 5 nitrogen and oxygen atoms in total. The summed E-state index contributed by atoms with van der Waals surface area (Å²) in [7, 11) is 0. The average molecular weight is 271 g/mol. The zero-order chi connectivity index (χ0) is 14.3. The van der Waals surface area contributed by atoms with Crippen LogP contribution >= 0.6 is 0 Å². The number of rotatable bonds is 3. The summed E-state index contributed by atoms with van der Waals surface area (Å²) < 4.78 is 0. The summed E-state index contributed by atoms with van der Waals surface area (Å²) >= 11 is 0. The summed E-state index contributed by atoms with van der Waals surface area (Å²) in [5.41, 5.74) is 7.73. The summed E-state index contributed by atoms with van der Waals surface area (Å²) in [6.07, 6.45) is 2.07. The Labute approximate surface area is 117 Å². The largest absolute Gasteiger partial charge is 0.321 e. The number of amides is 2. The van der Waals surface area contributed by atoms with Crippen LogP contribution in [-0.2, 0) is 9.59 Å². The van der Waals surface area contributed by atoms with Gasteiger partial charge in [0, 0.05) is 0 Å². The average Bonchev–Trinajstić information content (AvgIpc) is 3.23. The Morgan fingerprint density at radius 2 is 1.90 bits per heavy atom. The van der Waals surface area contributed by atoms with Crippen LogP contribution in [0.2, 0.25) is 0 Å². The number of amidine groups is 1. The number of carbonyl (C=O) groups excluding carboxylic acids is 2. The van der Waals surface area contributed by atoms with E-state index in [1.54, 1.807) is 12.1 Å². The van der Waals surface area contributed by atoms with Crippen LogP contribution in [0.15, 0.2) is 29.3 Å². The lowest BCUT2D eigenvalue weighted by Crippen LogP contribution is -2.51. The number of hydrogen-bond acceptors (Lipinski definition) is 3. The molecule has 0 radical (unpaired) electrons. The maximum atomic E-state index is 12.2. The number of aliphatic imine (C=N–C) groups is 1. The standard InChI is InChI=1S/C15H17N3O2/c1-8-2-4-9(5-3-8)11-14(19)17-13(18-15(11)20)12(16)10-6-7-10/h2-5,10-12H,6-7,16H2,1H3,(H,17,18,19,20). The first kappa shape index (κ1) is 13.0. The molecule has 1 fully saturated rings. The molecule has 1 aliphatic carbocycles. The Morgan fingerprint density at radius 3 is 2.45 bits per heavy atom. The zero-order valence-corrected chi connectivity index (χ0v) is 11.3. The first-order chi connectivity index (χ1) is 9.56. The minimum absolute atomic E-state index is 0.325. The maximum absolute atomic E-state index is 12.2. The van der Waals surface area contributed by atoms with E-state index in [-0.39, 0.29) is 11.9 Å². The number of benzene rings is 1. The number of aryl methyl sites for hydroxylation is 1. The quantitative estimate of drug-likeness (QED) is 0.800. The molecule has 0 aromatic heterocycles. The molecule has 1 aromatic rings. The summed E-state index contributed by atoms with van der Waals surface area (Å²) in [6, 6.07) is 7.01. The van der Waals surface area contributed by atoms with Gasteiger partial charge in [-0.25, -0.2) is 0 Å². The Balaban J connectivity index is 1.86. The highest BCUT2D eigenvalue weighted by Gasteiger charge is 2.39. The Kier molecular flexibility index (Phi) is 3.14. The van der Waals surface area contributed by atoms with Crippen molar-refractivity contribution in [3.05, 3.63) is 35.4 Å². The van der Waals surface area contributed by atoms with E-state index in [0.717, 1.165) is 18.4 Å². The minimum atomic E-state index is -0.856. The van der Waals surface area contributed by atoms with E-state index >= 15 is 0 Å². The van der Waals surface area contributed by atoms with Gasteiger partial charge in [0.2, 0.25) is 5.91 Å². The van der Waals surface area contributed by atoms with Crippen LogP contribution < -0.4 is 11.1 Å². The Hall–Kier alpha value is -2.01. The van der Waals surface area contributed by atoms with Gasteiger partial charge in [-0.3, -0.25) is 9.59 Å². The molecule has 1 saturated carbocycles. The highest BCUT2D eigenvalue weighted by molar-refractivity contribution is 6.20. The number of carbonyl (C=O) groups is 2. The van der Waals surface area contributed by atoms with Gasteiger partial charge in [-0.2, -0.15) is 4.99 Å². The van der Waals surface area contributed by atoms with E-state index in [1.807, 2.05) is 19.1 Å². The van der Waals surface area contributed by atoms with E-state index in [2.05, 4.69) is 10.3 Å². The van der Waals surface area contributed by atoms with Crippen LogP contribution in [0, 0.1) is 12.8 Å². The second-order valence-electron chi connectivity index (χ2n) is 5.53. The van der Waals surface area contributed by atoms with Crippen molar-refractivity contribution in [3.63, 3.8) is 0 Å². The zero-order valence-electron chi connectivity index (χ0n) is 11.3. The highest BCUT2D eigenvalue weighted by Crippen LogP contribution is 2.32. The SMILES string of the molecule is Cc1ccc(C2C(=O)N=C(C(N)C3CC3)NC2=O)cc1. The molecule has 5 heteroatoms. The summed E-state index contributed by atoms with van der Waals surface area (Å²) in [5.74, 6) is -0.946. The third kappa shape index (κ3) is 2.36. The fraction of sp³-hybridized carbons (Fsp3) is 0.400. The molecule has 2 amide bonds. The van der Waals surface area contributed by atoms with E-state index in [4.69, 9.17) is 5.73 Å². The highest BCUT2D eigenvalue weighted by atomic mass is 16.2. The molecular formula is C15H17N3O2. The molecule has 0 saturated heterocycles. The van der Waals surface area contributed by atoms with Crippen molar-refractivity contribution < 1.29 is 9.59 Å². The second kappa shape index (κ2) is 4.83. The van der Waals surface area contributed by atoms with E-state index < -0.39 is 11.8 Å². The fourth-order valence-corrected chi connectivity index (χ4v) is 2.41. The monoisotopic (exact) mass is 271 g/mol. The molecular weight excluding hydrogens is 254 g/mol. The van der Waals surface area contributed by atoms with Gasteiger partial charge in [-0.1, -0.05) is 29.8 Å². The number of nitrogens with two attached hydrogens (primary N) is 1. The van der Waals surface area contributed by atoms with Gasteiger partial charge in [-0.15, -0.1) is 0 Å². The molecule has 1 aromatic carbocycles. The number of nitrogens with zero attached hydrogens (tertiary/aromatic N) is 1. The van der Waals surface area contributed by atoms with Crippen molar-refractivity contribution in [2.24, 2.45) is 16.6 Å². The predicted molar refractivity (Wildman–Crippen MR) is 75.2 cm³/mol. The van der Waals surface area contributed by atoms with Crippen molar-refractivity contribution >= 4 is 17.6 Å². The van der Waals surface area contributed by atoms with Gasteiger partial charge in [0.1, 0.15) is 11.8 Å². The lowest BCUT2D eigenvalue weighted by atomic mass is 9.95. The van der Waals surface area contributed by atoms with Crippen LogP contribution in [0.25, 0.3) is 0 Å². The second-order valence-corrected chi connectivity index (χ2v) is 5.53. The van der Waals surface area contributed by atoms with Crippen LogP contribution in [0.4, 0.5) is 0 Å². The first-order valence-electron chi connectivity index (χ1n) is 6.81. The molecule has 2 aliphatic rings. The molecule has 1 aliphatic heterocycles. The third-order valence-corrected chi connectivity index (χ3v) is 3.85. The third-order valence-electron chi connectivity index (χ3n) is 3.85. The van der Waals surface area contributed by atoms with Crippen molar-refractivity contribution in [1.29, 1.82) is 0 Å². The number of hydrogen-bond donors (Lipinski definition) is 2. The molecule has 2 unspecified atom stereocenters. The Bertz CT molecular complexity index is 588. The van der Waals surface area contributed by atoms with Crippen LogP contribution in [0.3, 0.4) is 0 Å². The van der Waals surface area contributed by atoms with E-state index in [1.165, 1.54) is 0 Å². The summed E-state index contributed by atoms with van der Waals surface area (Å²) in [6.45, 7) is 1.96. The molecule has 3 N–H and O–H groups in total. The van der Waals surface area contributed by atoms with Gasteiger partial charge in [0.15, 0.2) is 0 Å². The van der Waals surface area contributed by atoms with Crippen LogP contribution in [-0.4, -0.2) is 23.7 Å². The minimum Gasteiger partial charge on any atom is -0.321 e. The van der Waals surface area contributed by atoms with Crippen molar-refractivity contribution in [1.82, 2.24) is 5.32 Å². The molecule has 1 heterocycles. The van der Waals surface area contributed by atoms with Crippen molar-refractivity contribution in [2.45, 2.75) is 31.7 Å². The van der Waals surface area contributed by atoms with Crippen molar-refractivity contribution in [3.8, 4) is 0 Å². The van der Waals surface area contributed by atoms with Gasteiger partial charge in [-0.05, 0) is 31.2 Å². The molecule has 0 spiro atoms. The van der Waals surface area contributed by atoms with Crippen LogP contribution in [0.5, 0.6) is 0 Å². The van der Waals surface area contributed by atoms with Crippen LogP contribution in [0.1, 0.15) is 29.9 Å². The molecule has 104 valence electrons. The lowest BCUT2D eigenvalue weighted by Gasteiger charge is -2.23. The first-order valence-corrected chi connectivity index (χ1v) is 6.81. The maximum Gasteiger partial charge on any atom is 0.264 e. The molecule has 20 heavy (non-hydrogen) atoms. The van der Waals surface area contributed by atoms with Gasteiger partial charge in [0.05, 0.1) is 6.04 Å². The smallest absolute Gasteiger partial charge is 0.264 e. The van der Waals surface area contributed by atoms with Gasteiger partial charge >= 0.3 is 0 Å². The normalized spacial score (nSPS) is 24.1. The van der Waals surface area contributed by atoms with Gasteiger partial charge < -0.3 is 11.1 Å². The topological polar surface area (TPSA) is 84.6 Å². The summed E-state index contributed by atoms with van der Waals surface area (Å²) in [4.78, 5) is 28.3. The lowest BCUT2D eigenvalue weighted by molar-refractivity contribution is -0.129. The van der Waals surface area contributed by atoms with Crippen molar-refractivity contribution in [2.75, 3.05) is 0 Å². The van der Waals surface area contributed by atoms with Gasteiger partial charge in [0.25, 0.3) is 5.91 Å². The van der Waals surface area contributed by atoms with E-state index in [0.29, 0.717) is 17.3 Å². The molecule has 3 rings (SSSR count). The predicted octanol–water partition coefficient (Wildman–Crippen LogP) is 0.871. The van der Waals surface area contributed by atoms with E-state index in [9.17, 15) is 9.59 Å². The fourth-order valence-electron chi connectivity index (χ4n) is 2.41. The summed E-state index contributed by atoms with van der Waals surface area (Å²) in [5, 5.41) is 2.70. The molecule has 0 bridgehead atoms. The molecule has 2 atom stereocenters. The number of nitrogens with one attached hydrogen (secondary N) is 1. The Morgan fingerprint density at radius 1 is 1.25 bits per heavy atom.